The van der Waals surface area contributed by atoms with Crippen LogP contribution in [0.25, 0.3) is 0 Å². The topological polar surface area (TPSA) is 82.4 Å². The highest BCUT2D eigenvalue weighted by Gasteiger charge is 2.42. The van der Waals surface area contributed by atoms with Crippen LogP contribution < -0.4 is 9.64 Å². The summed E-state index contributed by atoms with van der Waals surface area (Å²) in [5.74, 6) is 1.02. The summed E-state index contributed by atoms with van der Waals surface area (Å²) in [7, 11) is 0. The summed E-state index contributed by atoms with van der Waals surface area (Å²) in [6.07, 6.45) is 3.98. The number of aromatic nitrogens is 2. The molecule has 3 atom stereocenters. The van der Waals surface area contributed by atoms with E-state index in [0.29, 0.717) is 29.6 Å². The molecule has 7 nitrogen and oxygen atoms in total. The summed E-state index contributed by atoms with van der Waals surface area (Å²) in [4.78, 5) is 26.2. The molecule has 0 N–H and O–H groups in total. The van der Waals surface area contributed by atoms with Crippen LogP contribution in [0.3, 0.4) is 0 Å². The van der Waals surface area contributed by atoms with Crippen molar-refractivity contribution in [2.45, 2.75) is 31.8 Å². The Bertz CT molecular complexity index is 1290. The molecule has 0 saturated carbocycles. The third-order valence-corrected chi connectivity index (χ3v) is 7.88. The maximum atomic E-state index is 13.7. The first kappa shape index (κ1) is 25.9. The lowest BCUT2D eigenvalue weighted by atomic mass is 9.86. The number of carbonyl (C=O) groups is 1. The molecule has 1 aromatic carbocycles. The lowest BCUT2D eigenvalue weighted by molar-refractivity contribution is -0.135. The highest BCUT2D eigenvalue weighted by molar-refractivity contribution is 6.30. The number of hydrogen-bond donors (Lipinski definition) is 0. The van der Waals surface area contributed by atoms with Crippen molar-refractivity contribution >= 4 is 23.3 Å². The molecule has 1 amide bonds. The first-order valence-corrected chi connectivity index (χ1v) is 13.2. The zero-order valence-electron chi connectivity index (χ0n) is 21.1. The second-order valence-corrected chi connectivity index (χ2v) is 10.4. The number of nitriles is 1. The predicted octanol–water partition coefficient (Wildman–Crippen LogP) is 5.07. The maximum absolute atomic E-state index is 13.7. The number of benzene rings is 1. The van der Waals surface area contributed by atoms with Gasteiger partial charge in [0.2, 0.25) is 11.8 Å². The zero-order valence-corrected chi connectivity index (χ0v) is 21.9. The molecule has 0 aliphatic carbocycles. The lowest BCUT2D eigenvalue weighted by Crippen LogP contribution is -2.42. The molecule has 4 heterocycles. The van der Waals surface area contributed by atoms with Crippen LogP contribution in [0.1, 0.15) is 36.8 Å². The van der Waals surface area contributed by atoms with Gasteiger partial charge in [-0.15, -0.1) is 0 Å². The minimum Gasteiger partial charge on any atom is -0.474 e. The average Bonchev–Trinajstić information content (AvgIpc) is 3.40. The van der Waals surface area contributed by atoms with Gasteiger partial charge in [0.25, 0.3) is 0 Å². The van der Waals surface area contributed by atoms with Crippen LogP contribution in [-0.2, 0) is 4.79 Å². The van der Waals surface area contributed by atoms with Crippen LogP contribution in [-0.4, -0.2) is 53.1 Å². The van der Waals surface area contributed by atoms with Gasteiger partial charge in [0, 0.05) is 61.2 Å². The van der Waals surface area contributed by atoms with Crippen molar-refractivity contribution in [2.24, 2.45) is 11.8 Å². The second kappa shape index (κ2) is 11.4. The summed E-state index contributed by atoms with van der Waals surface area (Å²) < 4.78 is 19.4. The highest BCUT2D eigenvalue weighted by atomic mass is 35.5. The predicted molar refractivity (Wildman–Crippen MR) is 142 cm³/mol. The van der Waals surface area contributed by atoms with E-state index in [1.165, 1.54) is 12.1 Å². The van der Waals surface area contributed by atoms with Gasteiger partial charge in [0.15, 0.2) is 0 Å². The standard InChI is InChI=1S/C29H29ClFN5O2/c1-19(38-28-9-7-24(31)16-34-28)25-17-36(18-26(25)21-3-5-23(30)6-4-21)29(37)22-10-12-35(13-11-22)27-8-2-20(14-32)15-33-27/h2-9,15-16,19,22,25-26H,10-13,17-18H2,1H3/t19-,25+,26+/m0/s1. The lowest BCUT2D eigenvalue weighted by Gasteiger charge is -2.34. The van der Waals surface area contributed by atoms with E-state index in [-0.39, 0.29) is 29.8 Å². The number of nitrogens with zero attached hydrogens (tertiary/aromatic N) is 5. The summed E-state index contributed by atoms with van der Waals surface area (Å²) >= 11 is 6.14. The Hall–Kier alpha value is -3.70. The number of piperidine rings is 1. The smallest absolute Gasteiger partial charge is 0.225 e. The van der Waals surface area contributed by atoms with Gasteiger partial charge in [-0.3, -0.25) is 4.79 Å². The normalized spacial score (nSPS) is 20.7. The van der Waals surface area contributed by atoms with E-state index >= 15 is 0 Å². The molecule has 9 heteroatoms. The minimum absolute atomic E-state index is 0.0370. The number of ether oxygens (including phenoxy) is 1. The van der Waals surface area contributed by atoms with Crippen LogP contribution in [0.5, 0.6) is 5.88 Å². The molecule has 3 aromatic rings. The number of carbonyl (C=O) groups excluding carboxylic acids is 1. The first-order chi connectivity index (χ1) is 18.4. The van der Waals surface area contributed by atoms with Gasteiger partial charge in [0.05, 0.1) is 11.8 Å². The summed E-state index contributed by atoms with van der Waals surface area (Å²) in [5.41, 5.74) is 1.64. The fraction of sp³-hybridized carbons (Fsp3) is 0.379. The number of pyridine rings is 2. The van der Waals surface area contributed by atoms with Crippen LogP contribution in [0.2, 0.25) is 5.02 Å². The second-order valence-electron chi connectivity index (χ2n) is 9.98. The number of halogens is 2. The van der Waals surface area contributed by atoms with Crippen LogP contribution in [0.4, 0.5) is 10.2 Å². The molecule has 2 aromatic heterocycles. The Labute approximate surface area is 226 Å². The molecule has 0 radical (unpaired) electrons. The Morgan fingerprint density at radius 1 is 1.08 bits per heavy atom. The molecule has 2 aliphatic heterocycles. The van der Waals surface area contributed by atoms with Crippen molar-refractivity contribution in [3.8, 4) is 11.9 Å². The van der Waals surface area contributed by atoms with Crippen molar-refractivity contribution in [2.75, 3.05) is 31.1 Å². The Balaban J connectivity index is 1.27. The molecule has 2 aliphatic rings. The number of rotatable bonds is 6. The van der Waals surface area contributed by atoms with Crippen molar-refractivity contribution in [3.05, 3.63) is 82.9 Å². The highest BCUT2D eigenvalue weighted by Crippen LogP contribution is 2.38. The van der Waals surface area contributed by atoms with Gasteiger partial charge in [-0.25, -0.2) is 14.4 Å². The van der Waals surface area contributed by atoms with Gasteiger partial charge < -0.3 is 14.5 Å². The van der Waals surface area contributed by atoms with Crippen LogP contribution in [0, 0.1) is 29.0 Å². The number of likely N-dealkylation sites (tertiary alicyclic amines) is 1. The van der Waals surface area contributed by atoms with E-state index in [0.717, 1.165) is 43.5 Å². The van der Waals surface area contributed by atoms with E-state index < -0.39 is 5.82 Å². The van der Waals surface area contributed by atoms with Gasteiger partial charge in [-0.2, -0.15) is 5.26 Å². The molecule has 196 valence electrons. The van der Waals surface area contributed by atoms with Crippen molar-refractivity contribution in [3.63, 3.8) is 0 Å². The van der Waals surface area contributed by atoms with E-state index in [1.54, 1.807) is 12.3 Å². The molecule has 2 saturated heterocycles. The molecule has 0 bridgehead atoms. The number of amides is 1. The number of anilines is 1. The summed E-state index contributed by atoms with van der Waals surface area (Å²) in [5, 5.41) is 9.67. The average molecular weight is 534 g/mol. The third-order valence-electron chi connectivity index (χ3n) is 7.63. The monoisotopic (exact) mass is 533 g/mol. The molecule has 5 rings (SSSR count). The number of hydrogen-bond acceptors (Lipinski definition) is 6. The summed E-state index contributed by atoms with van der Waals surface area (Å²) in [6.45, 7) is 4.64. The van der Waals surface area contributed by atoms with E-state index in [1.807, 2.05) is 42.2 Å². The minimum atomic E-state index is -0.414. The van der Waals surface area contributed by atoms with E-state index in [9.17, 15) is 9.18 Å². The van der Waals surface area contributed by atoms with Gasteiger partial charge in [0.1, 0.15) is 23.8 Å². The quantitative estimate of drug-likeness (QED) is 0.440. The SMILES string of the molecule is C[C@H](Oc1ccc(F)cn1)[C@H]1CN(C(=O)C2CCN(c3ccc(C#N)cn3)CC2)C[C@@H]1c1ccc(Cl)cc1. The molecule has 0 unspecified atom stereocenters. The molecule has 2 fully saturated rings. The van der Waals surface area contributed by atoms with E-state index in [4.69, 9.17) is 21.6 Å². The van der Waals surface area contributed by atoms with Gasteiger partial charge in [-0.05, 0) is 55.7 Å². The van der Waals surface area contributed by atoms with Gasteiger partial charge in [-0.1, -0.05) is 23.7 Å². The zero-order chi connectivity index (χ0) is 26.6. The maximum Gasteiger partial charge on any atom is 0.225 e. The Morgan fingerprint density at radius 3 is 2.47 bits per heavy atom. The summed E-state index contributed by atoms with van der Waals surface area (Å²) in [6, 6.07) is 16.3. The van der Waals surface area contributed by atoms with Crippen LogP contribution >= 0.6 is 11.6 Å². The molecule has 38 heavy (non-hydrogen) atoms. The van der Waals surface area contributed by atoms with E-state index in [2.05, 4.69) is 20.9 Å². The first-order valence-electron chi connectivity index (χ1n) is 12.8. The third kappa shape index (κ3) is 5.73. The fourth-order valence-electron chi connectivity index (χ4n) is 5.51. The fourth-order valence-corrected chi connectivity index (χ4v) is 5.64. The molecule has 0 spiro atoms. The van der Waals surface area contributed by atoms with Crippen LogP contribution in [0.15, 0.2) is 60.9 Å². The van der Waals surface area contributed by atoms with Crippen molar-refractivity contribution < 1.29 is 13.9 Å². The largest absolute Gasteiger partial charge is 0.474 e. The van der Waals surface area contributed by atoms with Crippen molar-refractivity contribution in [1.82, 2.24) is 14.9 Å². The van der Waals surface area contributed by atoms with Gasteiger partial charge >= 0.3 is 0 Å². The Kier molecular flexibility index (Phi) is 7.75. The van der Waals surface area contributed by atoms with Crippen molar-refractivity contribution in [1.29, 1.82) is 5.26 Å². The Morgan fingerprint density at radius 2 is 1.84 bits per heavy atom. The molecular formula is C29H29ClFN5O2. The molecular weight excluding hydrogens is 505 g/mol.